The van der Waals surface area contributed by atoms with Gasteiger partial charge in [0.1, 0.15) is 11.5 Å². The topological polar surface area (TPSA) is 93.7 Å². The quantitative estimate of drug-likeness (QED) is 0.632. The summed E-state index contributed by atoms with van der Waals surface area (Å²) >= 11 is 0. The van der Waals surface area contributed by atoms with Crippen molar-refractivity contribution in [2.24, 2.45) is 0 Å². The summed E-state index contributed by atoms with van der Waals surface area (Å²) in [5.74, 6) is -0.275. The summed E-state index contributed by atoms with van der Waals surface area (Å²) in [6.07, 6.45) is -4.09. The van der Waals surface area contributed by atoms with Crippen LogP contribution in [0.25, 0.3) is 0 Å². The lowest BCUT2D eigenvalue weighted by molar-refractivity contribution is -0.137. The number of alkyl halides is 3. The molecule has 0 aliphatic rings. The number of halogens is 3. The molecule has 0 saturated heterocycles. The van der Waals surface area contributed by atoms with E-state index in [1.807, 2.05) is 0 Å². The SMILES string of the molecule is CCCOc1ccc(C(F)(F)F)cc1NS(=O)(=O)c1ccc(OC)c(NC(C)=O)c1. The molecule has 11 heteroatoms. The van der Waals surface area contributed by atoms with Crippen molar-refractivity contribution in [2.75, 3.05) is 23.8 Å². The highest BCUT2D eigenvalue weighted by Gasteiger charge is 2.32. The Morgan fingerprint density at radius 1 is 1.07 bits per heavy atom. The first-order valence-corrected chi connectivity index (χ1v) is 10.3. The van der Waals surface area contributed by atoms with Gasteiger partial charge in [0.15, 0.2) is 0 Å². The predicted molar refractivity (Wildman–Crippen MR) is 105 cm³/mol. The summed E-state index contributed by atoms with van der Waals surface area (Å²) < 4.78 is 77.5. The highest BCUT2D eigenvalue weighted by atomic mass is 32.2. The third-order valence-electron chi connectivity index (χ3n) is 3.80. The van der Waals surface area contributed by atoms with Gasteiger partial charge in [-0.05, 0) is 42.8 Å². The zero-order valence-electron chi connectivity index (χ0n) is 16.5. The zero-order valence-corrected chi connectivity index (χ0v) is 17.3. The maximum atomic E-state index is 13.1. The van der Waals surface area contributed by atoms with Gasteiger partial charge in [0.25, 0.3) is 10.0 Å². The first-order chi connectivity index (χ1) is 14.0. The number of ether oxygens (including phenoxy) is 2. The van der Waals surface area contributed by atoms with Crippen LogP contribution in [0.4, 0.5) is 24.5 Å². The third-order valence-corrected chi connectivity index (χ3v) is 5.17. The van der Waals surface area contributed by atoms with Crippen LogP contribution >= 0.6 is 0 Å². The number of methoxy groups -OCH3 is 1. The second kappa shape index (κ2) is 9.24. The molecular weight excluding hydrogens is 425 g/mol. The van der Waals surface area contributed by atoms with Crippen molar-refractivity contribution in [3.63, 3.8) is 0 Å². The van der Waals surface area contributed by atoms with Gasteiger partial charge in [-0.15, -0.1) is 0 Å². The Balaban J connectivity index is 2.48. The van der Waals surface area contributed by atoms with Gasteiger partial charge >= 0.3 is 6.18 Å². The smallest absolute Gasteiger partial charge is 0.416 e. The van der Waals surface area contributed by atoms with Crippen molar-refractivity contribution in [1.82, 2.24) is 0 Å². The molecule has 30 heavy (non-hydrogen) atoms. The van der Waals surface area contributed by atoms with Crippen LogP contribution in [0, 0.1) is 0 Å². The molecule has 0 heterocycles. The predicted octanol–water partition coefficient (Wildman–Crippen LogP) is 4.26. The summed E-state index contributed by atoms with van der Waals surface area (Å²) in [6.45, 7) is 3.23. The molecule has 0 aliphatic carbocycles. The summed E-state index contributed by atoms with van der Waals surface area (Å²) in [5.41, 5.74) is -1.28. The number of rotatable bonds is 8. The van der Waals surface area contributed by atoms with Crippen LogP contribution in [0.3, 0.4) is 0 Å². The number of amides is 1. The highest BCUT2D eigenvalue weighted by molar-refractivity contribution is 7.92. The number of carbonyl (C=O) groups excluding carboxylic acids is 1. The molecule has 2 aromatic rings. The molecule has 0 bridgehead atoms. The van der Waals surface area contributed by atoms with E-state index in [2.05, 4.69) is 10.0 Å². The van der Waals surface area contributed by atoms with Crippen LogP contribution in [0.5, 0.6) is 11.5 Å². The van der Waals surface area contributed by atoms with E-state index in [1.165, 1.54) is 26.2 Å². The van der Waals surface area contributed by atoms with Crippen LogP contribution in [0.1, 0.15) is 25.8 Å². The average molecular weight is 446 g/mol. The Labute approximate surface area is 172 Å². The number of hydrogen-bond acceptors (Lipinski definition) is 5. The summed E-state index contributed by atoms with van der Waals surface area (Å²) in [4.78, 5) is 11.1. The monoisotopic (exact) mass is 446 g/mol. The Morgan fingerprint density at radius 3 is 2.30 bits per heavy atom. The lowest BCUT2D eigenvalue weighted by Crippen LogP contribution is -2.16. The van der Waals surface area contributed by atoms with E-state index in [4.69, 9.17) is 9.47 Å². The Bertz CT molecular complexity index is 1020. The molecule has 0 aromatic heterocycles. The van der Waals surface area contributed by atoms with Crippen molar-refractivity contribution in [1.29, 1.82) is 0 Å². The fraction of sp³-hybridized carbons (Fsp3) is 0.316. The fourth-order valence-corrected chi connectivity index (χ4v) is 3.56. The number of anilines is 2. The van der Waals surface area contributed by atoms with Crippen molar-refractivity contribution in [3.05, 3.63) is 42.0 Å². The van der Waals surface area contributed by atoms with Gasteiger partial charge in [-0.2, -0.15) is 13.2 Å². The molecule has 0 aliphatic heterocycles. The van der Waals surface area contributed by atoms with Crippen LogP contribution in [-0.2, 0) is 21.0 Å². The van der Waals surface area contributed by atoms with Gasteiger partial charge in [0, 0.05) is 6.92 Å². The molecule has 0 spiro atoms. The molecule has 0 fully saturated rings. The maximum Gasteiger partial charge on any atom is 0.416 e. The molecule has 0 saturated carbocycles. The molecule has 2 aromatic carbocycles. The largest absolute Gasteiger partial charge is 0.495 e. The van der Waals surface area contributed by atoms with Gasteiger partial charge in [0.05, 0.1) is 35.6 Å². The van der Waals surface area contributed by atoms with E-state index in [9.17, 15) is 26.4 Å². The van der Waals surface area contributed by atoms with E-state index < -0.39 is 27.7 Å². The van der Waals surface area contributed by atoms with Gasteiger partial charge in [-0.25, -0.2) is 8.42 Å². The van der Waals surface area contributed by atoms with E-state index in [0.717, 1.165) is 18.2 Å². The molecule has 0 radical (unpaired) electrons. The average Bonchev–Trinajstić information content (AvgIpc) is 2.65. The minimum Gasteiger partial charge on any atom is -0.495 e. The van der Waals surface area contributed by atoms with E-state index in [0.29, 0.717) is 12.5 Å². The van der Waals surface area contributed by atoms with Crippen molar-refractivity contribution in [2.45, 2.75) is 31.3 Å². The van der Waals surface area contributed by atoms with Crippen LogP contribution in [0.15, 0.2) is 41.3 Å². The van der Waals surface area contributed by atoms with Crippen molar-refractivity contribution in [3.8, 4) is 11.5 Å². The van der Waals surface area contributed by atoms with E-state index in [-0.39, 0.29) is 34.4 Å². The standard InChI is InChI=1S/C19H21F3N2O5S/c1-4-9-29-18-7-5-13(19(20,21)22)10-16(18)24-30(26,27)14-6-8-17(28-3)15(11-14)23-12(2)25/h5-8,10-11,24H,4,9H2,1-3H3,(H,23,25). The lowest BCUT2D eigenvalue weighted by atomic mass is 10.2. The van der Waals surface area contributed by atoms with Crippen LogP contribution in [-0.4, -0.2) is 28.0 Å². The summed E-state index contributed by atoms with van der Waals surface area (Å²) in [7, 11) is -2.97. The van der Waals surface area contributed by atoms with E-state index in [1.54, 1.807) is 6.92 Å². The molecule has 164 valence electrons. The highest BCUT2D eigenvalue weighted by Crippen LogP contribution is 2.36. The first-order valence-electron chi connectivity index (χ1n) is 8.80. The normalized spacial score (nSPS) is 11.7. The van der Waals surface area contributed by atoms with Gasteiger partial charge in [-0.3, -0.25) is 9.52 Å². The number of sulfonamides is 1. The number of carbonyl (C=O) groups is 1. The second-order valence-corrected chi connectivity index (χ2v) is 7.89. The fourth-order valence-electron chi connectivity index (χ4n) is 2.47. The molecule has 0 unspecified atom stereocenters. The summed E-state index contributed by atoms with van der Waals surface area (Å²) in [6, 6.07) is 6.20. The Kier molecular flexibility index (Phi) is 7.19. The summed E-state index contributed by atoms with van der Waals surface area (Å²) in [5, 5.41) is 2.44. The van der Waals surface area contributed by atoms with Gasteiger partial charge in [-0.1, -0.05) is 6.92 Å². The van der Waals surface area contributed by atoms with Gasteiger partial charge in [0.2, 0.25) is 5.91 Å². The molecule has 7 nitrogen and oxygen atoms in total. The molecule has 0 atom stereocenters. The van der Waals surface area contributed by atoms with Gasteiger partial charge < -0.3 is 14.8 Å². The lowest BCUT2D eigenvalue weighted by Gasteiger charge is -2.17. The molecule has 2 N–H and O–H groups in total. The number of nitrogens with one attached hydrogen (secondary N) is 2. The molecular formula is C19H21F3N2O5S. The minimum atomic E-state index is -4.66. The van der Waals surface area contributed by atoms with Crippen LogP contribution in [0.2, 0.25) is 0 Å². The van der Waals surface area contributed by atoms with Crippen molar-refractivity contribution < 1.29 is 35.9 Å². The van der Waals surface area contributed by atoms with Crippen LogP contribution < -0.4 is 19.5 Å². The third kappa shape index (κ3) is 5.78. The first kappa shape index (κ1) is 23.3. The second-order valence-electron chi connectivity index (χ2n) is 6.21. The zero-order chi connectivity index (χ0) is 22.5. The number of hydrogen-bond donors (Lipinski definition) is 2. The maximum absolute atomic E-state index is 13.1. The molecule has 2 rings (SSSR count). The molecule has 1 amide bonds. The Hall–Kier alpha value is -2.95. The van der Waals surface area contributed by atoms with Crippen molar-refractivity contribution >= 4 is 27.3 Å². The number of benzene rings is 2. The van der Waals surface area contributed by atoms with E-state index >= 15 is 0 Å². The minimum absolute atomic E-state index is 0.0379. The Morgan fingerprint density at radius 2 is 1.73 bits per heavy atom.